The van der Waals surface area contributed by atoms with Crippen LogP contribution in [-0.4, -0.2) is 38.9 Å². The summed E-state index contributed by atoms with van der Waals surface area (Å²) in [5.41, 5.74) is 0.789. The van der Waals surface area contributed by atoms with Gasteiger partial charge >= 0.3 is 0 Å². The lowest BCUT2D eigenvalue weighted by atomic mass is 10.2. The molecule has 1 atom stereocenters. The third-order valence-corrected chi connectivity index (χ3v) is 2.86. The number of ether oxygens (including phenoxy) is 2. The molecule has 0 fully saturated rings. The van der Waals surface area contributed by atoms with E-state index in [1.54, 1.807) is 13.2 Å². The Morgan fingerprint density at radius 1 is 1.35 bits per heavy atom. The molecule has 0 bridgehead atoms. The van der Waals surface area contributed by atoms with Gasteiger partial charge in [0.05, 0.1) is 19.8 Å². The Balaban J connectivity index is 0.00000484. The van der Waals surface area contributed by atoms with Crippen molar-refractivity contribution in [3.8, 4) is 5.75 Å². The molecule has 1 aromatic carbocycles. The number of hydrogen-bond donors (Lipinski definition) is 2. The molecule has 7 heteroatoms. The maximum Gasteiger partial charge on any atom is 0.191 e. The summed E-state index contributed by atoms with van der Waals surface area (Å²) < 4.78 is 24.1. The van der Waals surface area contributed by atoms with Crippen LogP contribution in [0.1, 0.15) is 26.3 Å². The third kappa shape index (κ3) is 8.36. The average molecular weight is 439 g/mol. The van der Waals surface area contributed by atoms with Crippen LogP contribution in [0.4, 0.5) is 4.39 Å². The lowest BCUT2D eigenvalue weighted by molar-refractivity contribution is 0.179. The van der Waals surface area contributed by atoms with Crippen LogP contribution in [-0.2, 0) is 11.3 Å². The van der Waals surface area contributed by atoms with Crippen LogP contribution in [0.5, 0.6) is 5.75 Å². The van der Waals surface area contributed by atoms with Crippen molar-refractivity contribution in [3.63, 3.8) is 0 Å². The number of methoxy groups -OCH3 is 1. The maximum absolute atomic E-state index is 13.8. The molecule has 2 N–H and O–H groups in total. The molecule has 0 aliphatic carbocycles. The van der Waals surface area contributed by atoms with Gasteiger partial charge < -0.3 is 20.1 Å². The summed E-state index contributed by atoms with van der Waals surface area (Å²) in [7, 11) is 1.66. The van der Waals surface area contributed by atoms with Gasteiger partial charge in [-0.2, -0.15) is 0 Å². The smallest absolute Gasteiger partial charge is 0.191 e. The van der Waals surface area contributed by atoms with E-state index < -0.39 is 0 Å². The number of nitrogens with zero attached hydrogens (tertiary/aromatic N) is 1. The van der Waals surface area contributed by atoms with Gasteiger partial charge in [-0.3, -0.25) is 0 Å². The van der Waals surface area contributed by atoms with E-state index in [2.05, 4.69) is 15.6 Å². The zero-order chi connectivity index (χ0) is 16.4. The first-order valence-corrected chi connectivity index (χ1v) is 7.55. The van der Waals surface area contributed by atoms with Crippen LogP contribution in [0.3, 0.4) is 0 Å². The predicted molar refractivity (Wildman–Crippen MR) is 102 cm³/mol. The molecular weight excluding hydrogens is 412 g/mol. The predicted octanol–water partition coefficient (Wildman–Crippen LogP) is 2.93. The number of guanidine groups is 1. The van der Waals surface area contributed by atoms with Gasteiger partial charge in [0, 0.05) is 19.7 Å². The van der Waals surface area contributed by atoms with E-state index in [1.165, 1.54) is 6.07 Å². The highest BCUT2D eigenvalue weighted by atomic mass is 127. The highest BCUT2D eigenvalue weighted by Gasteiger charge is 2.06. The molecule has 1 unspecified atom stereocenters. The van der Waals surface area contributed by atoms with E-state index in [0.29, 0.717) is 25.7 Å². The second kappa shape index (κ2) is 12.3. The Hall–Kier alpha value is -1.09. The molecule has 5 nitrogen and oxygen atoms in total. The fourth-order valence-electron chi connectivity index (χ4n) is 1.93. The number of nitrogens with one attached hydrogen (secondary N) is 2. The molecule has 0 saturated carbocycles. The van der Waals surface area contributed by atoms with E-state index in [-0.39, 0.29) is 41.6 Å². The standard InChI is InChI=1S/C16H26FN3O2.HI/c1-5-18-16(20-12(3)11-21-4)19-10-13-7-8-15(22-6-2)14(17)9-13;/h7-9,12H,5-6,10-11H2,1-4H3,(H2,18,19,20);1H. The second-order valence-corrected chi connectivity index (χ2v) is 4.89. The normalized spacial score (nSPS) is 12.3. The van der Waals surface area contributed by atoms with E-state index in [1.807, 2.05) is 26.8 Å². The van der Waals surface area contributed by atoms with Crippen LogP contribution in [0.15, 0.2) is 23.2 Å². The number of hydrogen-bond acceptors (Lipinski definition) is 3. The number of rotatable bonds is 8. The minimum absolute atomic E-state index is 0. The number of aliphatic imine (C=N–C) groups is 1. The molecule has 132 valence electrons. The summed E-state index contributed by atoms with van der Waals surface area (Å²) in [4.78, 5) is 4.45. The van der Waals surface area contributed by atoms with Crippen LogP contribution >= 0.6 is 24.0 Å². The average Bonchev–Trinajstić information content (AvgIpc) is 2.48. The summed E-state index contributed by atoms with van der Waals surface area (Å²) in [5, 5.41) is 6.38. The van der Waals surface area contributed by atoms with Crippen LogP contribution in [0.25, 0.3) is 0 Å². The van der Waals surface area contributed by atoms with Gasteiger partial charge in [0.2, 0.25) is 0 Å². The van der Waals surface area contributed by atoms with Crippen molar-refractivity contribution in [3.05, 3.63) is 29.6 Å². The van der Waals surface area contributed by atoms with Gasteiger partial charge in [-0.05, 0) is 38.5 Å². The molecule has 23 heavy (non-hydrogen) atoms. The largest absolute Gasteiger partial charge is 0.491 e. The fraction of sp³-hybridized carbons (Fsp3) is 0.562. The molecule has 0 aliphatic heterocycles. The minimum Gasteiger partial charge on any atom is -0.491 e. The van der Waals surface area contributed by atoms with Crippen molar-refractivity contribution in [2.45, 2.75) is 33.4 Å². The minimum atomic E-state index is -0.361. The summed E-state index contributed by atoms with van der Waals surface area (Å²) in [5.74, 6) is 0.593. The monoisotopic (exact) mass is 439 g/mol. The van der Waals surface area contributed by atoms with Gasteiger partial charge in [0.25, 0.3) is 0 Å². The summed E-state index contributed by atoms with van der Waals surface area (Å²) in [6.07, 6.45) is 0. The topological polar surface area (TPSA) is 54.9 Å². The van der Waals surface area contributed by atoms with Crippen LogP contribution in [0, 0.1) is 5.82 Å². The molecule has 0 spiro atoms. The quantitative estimate of drug-likeness (QED) is 0.372. The highest BCUT2D eigenvalue weighted by Crippen LogP contribution is 2.18. The first-order valence-electron chi connectivity index (χ1n) is 7.55. The first-order chi connectivity index (χ1) is 10.6. The number of benzene rings is 1. The molecule has 0 aromatic heterocycles. The summed E-state index contributed by atoms with van der Waals surface area (Å²) >= 11 is 0. The van der Waals surface area contributed by atoms with Crippen molar-refractivity contribution < 1.29 is 13.9 Å². The van der Waals surface area contributed by atoms with Gasteiger partial charge in [-0.15, -0.1) is 24.0 Å². The molecule has 0 amide bonds. The lowest BCUT2D eigenvalue weighted by Gasteiger charge is -2.17. The van der Waals surface area contributed by atoms with Gasteiger partial charge in [-0.25, -0.2) is 9.38 Å². The van der Waals surface area contributed by atoms with Gasteiger partial charge in [0.15, 0.2) is 17.5 Å². The first kappa shape index (κ1) is 21.9. The van der Waals surface area contributed by atoms with E-state index in [9.17, 15) is 4.39 Å². The Bertz CT molecular complexity index is 486. The van der Waals surface area contributed by atoms with Gasteiger partial charge in [-0.1, -0.05) is 6.07 Å². The molecule has 1 aromatic rings. The Morgan fingerprint density at radius 3 is 2.65 bits per heavy atom. The third-order valence-electron chi connectivity index (χ3n) is 2.86. The Labute approximate surface area is 155 Å². The molecule has 0 heterocycles. The lowest BCUT2D eigenvalue weighted by Crippen LogP contribution is -2.43. The molecule has 0 radical (unpaired) electrons. The molecule has 0 aliphatic rings. The fourth-order valence-corrected chi connectivity index (χ4v) is 1.93. The van der Waals surface area contributed by atoms with Crippen LogP contribution in [0.2, 0.25) is 0 Å². The SMILES string of the molecule is CCNC(=NCc1ccc(OCC)c(F)c1)NC(C)COC.I. The number of halogens is 2. The van der Waals surface area contributed by atoms with E-state index >= 15 is 0 Å². The second-order valence-electron chi connectivity index (χ2n) is 4.89. The highest BCUT2D eigenvalue weighted by molar-refractivity contribution is 14.0. The molecule has 1 rings (SSSR count). The maximum atomic E-state index is 13.8. The van der Waals surface area contributed by atoms with Gasteiger partial charge in [0.1, 0.15) is 0 Å². The van der Waals surface area contributed by atoms with Crippen LogP contribution < -0.4 is 15.4 Å². The van der Waals surface area contributed by atoms with Crippen molar-refractivity contribution in [1.29, 1.82) is 0 Å². The summed E-state index contributed by atoms with van der Waals surface area (Å²) in [6.45, 7) is 8.00. The van der Waals surface area contributed by atoms with E-state index in [0.717, 1.165) is 12.1 Å². The molecular formula is C16H27FIN3O2. The summed E-state index contributed by atoms with van der Waals surface area (Å²) in [6, 6.07) is 5.05. The molecule has 0 saturated heterocycles. The zero-order valence-corrected chi connectivity index (χ0v) is 16.5. The van der Waals surface area contributed by atoms with Crippen molar-refractivity contribution in [2.75, 3.05) is 26.9 Å². The van der Waals surface area contributed by atoms with Crippen molar-refractivity contribution in [1.82, 2.24) is 10.6 Å². The zero-order valence-electron chi connectivity index (χ0n) is 14.2. The van der Waals surface area contributed by atoms with Crippen molar-refractivity contribution >= 4 is 29.9 Å². The Kier molecular flexibility index (Phi) is 11.8. The van der Waals surface area contributed by atoms with Crippen molar-refractivity contribution in [2.24, 2.45) is 4.99 Å². The Morgan fingerprint density at radius 2 is 2.09 bits per heavy atom. The van der Waals surface area contributed by atoms with E-state index in [4.69, 9.17) is 9.47 Å².